The summed E-state index contributed by atoms with van der Waals surface area (Å²) in [4.78, 5) is 14.0. The Morgan fingerprint density at radius 2 is 2.29 bits per heavy atom. The maximum absolute atomic E-state index is 11.3. The van der Waals surface area contributed by atoms with Gasteiger partial charge in [-0.05, 0) is 23.7 Å². The van der Waals surface area contributed by atoms with Gasteiger partial charge in [-0.25, -0.2) is 0 Å². The van der Waals surface area contributed by atoms with Gasteiger partial charge in [0.2, 0.25) is 5.91 Å². The van der Waals surface area contributed by atoms with Crippen molar-refractivity contribution in [1.29, 1.82) is 0 Å². The number of benzene rings is 1. The van der Waals surface area contributed by atoms with Crippen LogP contribution in [0.25, 0.3) is 10.4 Å². The quantitative estimate of drug-likeness (QED) is 0.482. The predicted molar refractivity (Wildman–Crippen MR) is 62.3 cm³/mol. The molecule has 7 heteroatoms. The number of methoxy groups -OCH3 is 2. The fourth-order valence-electron chi connectivity index (χ4n) is 1.19. The first-order valence-electron chi connectivity index (χ1n) is 4.73. The molecule has 0 atom stereocenters. The fourth-order valence-corrected chi connectivity index (χ4v) is 1.19. The molecule has 0 aliphatic rings. The number of amides is 1. The lowest BCUT2D eigenvalue weighted by molar-refractivity contribution is -0.119. The van der Waals surface area contributed by atoms with Gasteiger partial charge in [-0.3, -0.25) is 4.79 Å². The van der Waals surface area contributed by atoms with Crippen LogP contribution in [0.3, 0.4) is 0 Å². The van der Waals surface area contributed by atoms with Crippen LogP contribution in [0, 0.1) is 0 Å². The summed E-state index contributed by atoms with van der Waals surface area (Å²) < 4.78 is 9.67. The first kappa shape index (κ1) is 12.8. The highest BCUT2D eigenvalue weighted by molar-refractivity contribution is 5.94. The van der Waals surface area contributed by atoms with E-state index in [0.717, 1.165) is 0 Å². The molecule has 0 aromatic heterocycles. The van der Waals surface area contributed by atoms with Crippen LogP contribution in [-0.4, -0.2) is 26.7 Å². The number of rotatable bonds is 5. The van der Waals surface area contributed by atoms with Crippen molar-refractivity contribution in [2.75, 3.05) is 26.1 Å². The summed E-state index contributed by atoms with van der Waals surface area (Å²) in [5.41, 5.74) is 9.12. The van der Waals surface area contributed by atoms with E-state index in [4.69, 9.17) is 10.3 Å². The molecule has 0 bridgehead atoms. The summed E-state index contributed by atoms with van der Waals surface area (Å²) >= 11 is 0. The van der Waals surface area contributed by atoms with Crippen LogP contribution in [-0.2, 0) is 9.53 Å². The van der Waals surface area contributed by atoms with E-state index in [-0.39, 0.29) is 18.2 Å². The number of hydrogen-bond acceptors (Lipinski definition) is 4. The Morgan fingerprint density at radius 3 is 2.88 bits per heavy atom. The zero-order valence-electron chi connectivity index (χ0n) is 9.51. The number of carbonyl (C=O) groups is 1. The van der Waals surface area contributed by atoms with Gasteiger partial charge >= 0.3 is 0 Å². The Morgan fingerprint density at radius 1 is 1.53 bits per heavy atom. The predicted octanol–water partition coefficient (Wildman–Crippen LogP) is 2.22. The van der Waals surface area contributed by atoms with Gasteiger partial charge in [0.25, 0.3) is 0 Å². The van der Waals surface area contributed by atoms with E-state index < -0.39 is 0 Å². The number of carbonyl (C=O) groups excluding carboxylic acids is 1. The SMILES string of the molecule is COCC(=O)Nc1ccc(OC)cc1N=[N+]=[N-]. The van der Waals surface area contributed by atoms with Crippen molar-refractivity contribution in [1.82, 2.24) is 0 Å². The topological polar surface area (TPSA) is 96.3 Å². The van der Waals surface area contributed by atoms with Crippen LogP contribution >= 0.6 is 0 Å². The normalized spacial score (nSPS) is 9.29. The second kappa shape index (κ2) is 6.37. The zero-order valence-corrected chi connectivity index (χ0v) is 9.51. The number of hydrogen-bond donors (Lipinski definition) is 1. The summed E-state index contributed by atoms with van der Waals surface area (Å²) in [5.74, 6) is 0.212. The minimum absolute atomic E-state index is 0.0677. The summed E-state index contributed by atoms with van der Waals surface area (Å²) in [6.07, 6.45) is 0. The molecule has 90 valence electrons. The molecule has 0 aliphatic heterocycles. The second-order valence-electron chi connectivity index (χ2n) is 3.05. The molecular weight excluding hydrogens is 224 g/mol. The number of anilines is 1. The van der Waals surface area contributed by atoms with Gasteiger partial charge in [0.15, 0.2) is 0 Å². The Labute approximate surface area is 98.0 Å². The van der Waals surface area contributed by atoms with Crippen molar-refractivity contribution in [3.63, 3.8) is 0 Å². The highest BCUT2D eigenvalue weighted by Crippen LogP contribution is 2.29. The largest absolute Gasteiger partial charge is 0.497 e. The fraction of sp³-hybridized carbons (Fsp3) is 0.300. The van der Waals surface area contributed by atoms with Crippen LogP contribution in [0.15, 0.2) is 23.3 Å². The lowest BCUT2D eigenvalue weighted by Gasteiger charge is -2.08. The van der Waals surface area contributed by atoms with Crippen molar-refractivity contribution >= 4 is 17.3 Å². The van der Waals surface area contributed by atoms with Crippen LogP contribution in [0.2, 0.25) is 0 Å². The van der Waals surface area contributed by atoms with Crippen LogP contribution in [0.1, 0.15) is 0 Å². The van der Waals surface area contributed by atoms with Gasteiger partial charge in [-0.1, -0.05) is 5.11 Å². The van der Waals surface area contributed by atoms with Crippen molar-refractivity contribution in [2.45, 2.75) is 0 Å². The average molecular weight is 236 g/mol. The number of azide groups is 1. The van der Waals surface area contributed by atoms with E-state index in [1.807, 2.05) is 0 Å². The summed E-state index contributed by atoms with van der Waals surface area (Å²) in [5, 5.41) is 6.04. The molecule has 1 aromatic rings. The third-order valence-corrected chi connectivity index (χ3v) is 1.91. The zero-order chi connectivity index (χ0) is 12.7. The summed E-state index contributed by atoms with van der Waals surface area (Å²) in [6.45, 7) is -0.0677. The van der Waals surface area contributed by atoms with E-state index in [9.17, 15) is 4.79 Å². The molecule has 0 spiro atoms. The van der Waals surface area contributed by atoms with E-state index in [1.165, 1.54) is 20.3 Å². The van der Waals surface area contributed by atoms with Gasteiger partial charge in [0.1, 0.15) is 12.4 Å². The third-order valence-electron chi connectivity index (χ3n) is 1.91. The lowest BCUT2D eigenvalue weighted by Crippen LogP contribution is -2.17. The molecule has 0 unspecified atom stereocenters. The molecule has 0 radical (unpaired) electrons. The van der Waals surface area contributed by atoms with Crippen molar-refractivity contribution in [3.05, 3.63) is 28.6 Å². The molecule has 1 rings (SSSR count). The maximum atomic E-state index is 11.3. The highest BCUT2D eigenvalue weighted by Gasteiger charge is 2.06. The molecule has 7 nitrogen and oxygen atoms in total. The van der Waals surface area contributed by atoms with Gasteiger partial charge in [0, 0.05) is 12.0 Å². The van der Waals surface area contributed by atoms with Gasteiger partial charge in [-0.15, -0.1) is 0 Å². The van der Waals surface area contributed by atoms with E-state index in [1.54, 1.807) is 12.1 Å². The van der Waals surface area contributed by atoms with Crippen LogP contribution < -0.4 is 10.1 Å². The second-order valence-corrected chi connectivity index (χ2v) is 3.05. The minimum Gasteiger partial charge on any atom is -0.497 e. The number of nitrogens with zero attached hydrogens (tertiary/aromatic N) is 3. The Kier molecular flexibility index (Phi) is 4.80. The Hall–Kier alpha value is -2.24. The lowest BCUT2D eigenvalue weighted by atomic mass is 10.2. The molecule has 1 amide bonds. The molecule has 0 heterocycles. The van der Waals surface area contributed by atoms with Crippen molar-refractivity contribution < 1.29 is 14.3 Å². The first-order chi connectivity index (χ1) is 8.21. The average Bonchev–Trinajstić information content (AvgIpc) is 2.32. The van der Waals surface area contributed by atoms with E-state index >= 15 is 0 Å². The smallest absolute Gasteiger partial charge is 0.250 e. The van der Waals surface area contributed by atoms with Gasteiger partial charge in [0.05, 0.1) is 18.5 Å². The van der Waals surface area contributed by atoms with Crippen molar-refractivity contribution in [3.8, 4) is 5.75 Å². The number of ether oxygens (including phenoxy) is 2. The molecule has 0 saturated carbocycles. The molecule has 1 aromatic carbocycles. The van der Waals surface area contributed by atoms with Gasteiger partial charge in [-0.2, -0.15) is 0 Å². The molecular formula is C10H12N4O3. The van der Waals surface area contributed by atoms with E-state index in [2.05, 4.69) is 20.1 Å². The Balaban J connectivity index is 2.97. The molecule has 1 N–H and O–H groups in total. The van der Waals surface area contributed by atoms with E-state index in [0.29, 0.717) is 11.4 Å². The highest BCUT2D eigenvalue weighted by atomic mass is 16.5. The standard InChI is InChI=1S/C10H12N4O3/c1-16-6-10(15)12-8-4-3-7(17-2)5-9(8)13-14-11/h3-5H,6H2,1-2H3,(H,12,15). The molecule has 0 saturated heterocycles. The molecule has 0 aliphatic carbocycles. The van der Waals surface area contributed by atoms with Gasteiger partial charge < -0.3 is 14.8 Å². The first-order valence-corrected chi connectivity index (χ1v) is 4.73. The summed E-state index contributed by atoms with van der Waals surface area (Å²) in [7, 11) is 2.92. The maximum Gasteiger partial charge on any atom is 0.250 e. The Bertz CT molecular complexity index is 455. The van der Waals surface area contributed by atoms with Crippen LogP contribution in [0.4, 0.5) is 11.4 Å². The monoisotopic (exact) mass is 236 g/mol. The third kappa shape index (κ3) is 3.67. The van der Waals surface area contributed by atoms with Crippen LogP contribution in [0.5, 0.6) is 5.75 Å². The van der Waals surface area contributed by atoms with Crippen molar-refractivity contribution in [2.24, 2.45) is 5.11 Å². The number of nitrogens with one attached hydrogen (secondary N) is 1. The molecule has 17 heavy (non-hydrogen) atoms. The molecule has 0 fully saturated rings. The minimum atomic E-state index is -0.327. The summed E-state index contributed by atoms with van der Waals surface area (Å²) in [6, 6.07) is 4.78.